The Kier molecular flexibility index (Phi) is 9.95. The summed E-state index contributed by atoms with van der Waals surface area (Å²) in [6.45, 7) is 0.785. The van der Waals surface area contributed by atoms with Crippen LogP contribution < -0.4 is 10.1 Å². The van der Waals surface area contributed by atoms with Crippen LogP contribution >= 0.6 is 11.6 Å². The largest absolute Gasteiger partial charge is 0.484 e. The molecule has 1 N–H and O–H groups in total. The first-order valence-corrected chi connectivity index (χ1v) is 11.5. The zero-order valence-electron chi connectivity index (χ0n) is 19.2. The molecule has 0 saturated heterocycles. The van der Waals surface area contributed by atoms with Gasteiger partial charge in [-0.25, -0.2) is 0 Å². The molecule has 0 fully saturated rings. The minimum Gasteiger partial charge on any atom is -0.484 e. The molecule has 34 heavy (non-hydrogen) atoms. The van der Waals surface area contributed by atoms with Crippen LogP contribution in [-0.4, -0.2) is 49.6 Å². The van der Waals surface area contributed by atoms with Gasteiger partial charge in [0.1, 0.15) is 11.8 Å². The van der Waals surface area contributed by atoms with Crippen LogP contribution in [0.2, 0.25) is 5.02 Å². The number of methoxy groups -OCH3 is 1. The number of para-hydroxylation sites is 1. The van der Waals surface area contributed by atoms with Crippen molar-refractivity contribution in [1.29, 1.82) is 0 Å². The molecule has 0 aliphatic heterocycles. The van der Waals surface area contributed by atoms with Gasteiger partial charge in [0.2, 0.25) is 5.91 Å². The van der Waals surface area contributed by atoms with Crippen molar-refractivity contribution in [3.8, 4) is 5.75 Å². The summed E-state index contributed by atoms with van der Waals surface area (Å²) in [5, 5.41) is 3.49. The maximum absolute atomic E-state index is 13.4. The van der Waals surface area contributed by atoms with Crippen molar-refractivity contribution >= 4 is 23.4 Å². The van der Waals surface area contributed by atoms with Gasteiger partial charge in [0.15, 0.2) is 6.61 Å². The highest BCUT2D eigenvalue weighted by molar-refractivity contribution is 6.30. The van der Waals surface area contributed by atoms with E-state index in [1.54, 1.807) is 36.3 Å². The molecule has 3 aromatic carbocycles. The minimum atomic E-state index is -0.734. The molecular formula is C27H29ClN2O4. The number of halogens is 1. The van der Waals surface area contributed by atoms with E-state index in [0.717, 1.165) is 11.1 Å². The van der Waals surface area contributed by atoms with Crippen LogP contribution in [0.15, 0.2) is 84.9 Å². The van der Waals surface area contributed by atoms with E-state index in [4.69, 9.17) is 21.1 Å². The lowest BCUT2D eigenvalue weighted by atomic mass is 10.0. The summed E-state index contributed by atoms with van der Waals surface area (Å²) >= 11 is 6.04. The number of nitrogens with zero attached hydrogens (tertiary/aromatic N) is 1. The van der Waals surface area contributed by atoms with E-state index in [9.17, 15) is 9.59 Å². The summed E-state index contributed by atoms with van der Waals surface area (Å²) in [4.78, 5) is 28.3. The van der Waals surface area contributed by atoms with Gasteiger partial charge in [0.25, 0.3) is 5.91 Å². The summed E-state index contributed by atoms with van der Waals surface area (Å²) in [5.41, 5.74) is 1.81. The van der Waals surface area contributed by atoms with Gasteiger partial charge in [-0.3, -0.25) is 9.59 Å². The minimum absolute atomic E-state index is 0.186. The first-order chi connectivity index (χ1) is 16.6. The molecule has 0 aliphatic carbocycles. The molecular weight excluding hydrogens is 452 g/mol. The average molecular weight is 481 g/mol. The average Bonchev–Trinajstić information content (AvgIpc) is 2.87. The summed E-state index contributed by atoms with van der Waals surface area (Å²) in [6.07, 6.45) is 0.365. The van der Waals surface area contributed by atoms with E-state index < -0.39 is 6.04 Å². The van der Waals surface area contributed by atoms with E-state index in [2.05, 4.69) is 5.32 Å². The fraction of sp³-hybridized carbons (Fsp3) is 0.259. The predicted molar refractivity (Wildman–Crippen MR) is 133 cm³/mol. The summed E-state index contributed by atoms with van der Waals surface area (Å²) in [7, 11) is 1.57. The Balaban J connectivity index is 1.86. The number of nitrogens with one attached hydrogen (secondary N) is 1. The van der Waals surface area contributed by atoms with E-state index in [-0.39, 0.29) is 25.0 Å². The highest BCUT2D eigenvalue weighted by Gasteiger charge is 2.30. The van der Waals surface area contributed by atoms with Crippen LogP contribution in [0, 0.1) is 0 Å². The van der Waals surface area contributed by atoms with Crippen LogP contribution in [0.5, 0.6) is 5.75 Å². The molecule has 0 spiro atoms. The number of ether oxygens (including phenoxy) is 2. The lowest BCUT2D eigenvalue weighted by molar-refractivity contribution is -0.142. The normalized spacial score (nSPS) is 11.5. The van der Waals surface area contributed by atoms with Crippen molar-refractivity contribution in [3.63, 3.8) is 0 Å². The summed E-state index contributed by atoms with van der Waals surface area (Å²) < 4.78 is 10.8. The number of carbonyl (C=O) groups is 2. The van der Waals surface area contributed by atoms with Gasteiger partial charge in [0.05, 0.1) is 6.61 Å². The second-order valence-corrected chi connectivity index (χ2v) is 8.18. The molecule has 6 nitrogen and oxygen atoms in total. The van der Waals surface area contributed by atoms with Crippen LogP contribution in [0.25, 0.3) is 0 Å². The first-order valence-electron chi connectivity index (χ1n) is 11.1. The van der Waals surface area contributed by atoms with Crippen LogP contribution in [0.4, 0.5) is 0 Å². The Morgan fingerprint density at radius 1 is 0.912 bits per heavy atom. The van der Waals surface area contributed by atoms with Crippen molar-refractivity contribution in [1.82, 2.24) is 10.2 Å². The molecule has 3 aromatic rings. The van der Waals surface area contributed by atoms with Gasteiger partial charge in [-0.05, 0) is 35.4 Å². The number of carbonyl (C=O) groups excluding carboxylic acids is 2. The monoisotopic (exact) mass is 480 g/mol. The number of benzene rings is 3. The van der Waals surface area contributed by atoms with Crippen LogP contribution in [0.1, 0.15) is 11.1 Å². The number of hydrogen-bond acceptors (Lipinski definition) is 4. The fourth-order valence-electron chi connectivity index (χ4n) is 3.48. The SMILES string of the molecule is COCCNC(=O)C(Cc1ccccc1)N(Cc1ccc(Cl)cc1)C(=O)COc1ccccc1. The number of rotatable bonds is 12. The lowest BCUT2D eigenvalue weighted by Gasteiger charge is -2.31. The Morgan fingerprint density at radius 2 is 1.56 bits per heavy atom. The number of amides is 2. The van der Waals surface area contributed by atoms with Crippen molar-refractivity contribution < 1.29 is 19.1 Å². The third kappa shape index (κ3) is 7.90. The maximum atomic E-state index is 13.4. The molecule has 178 valence electrons. The molecule has 1 unspecified atom stereocenters. The third-order valence-electron chi connectivity index (χ3n) is 5.25. The summed E-state index contributed by atoms with van der Waals surface area (Å²) in [6, 6.07) is 25.3. The Labute approximate surface area is 205 Å². The van der Waals surface area contributed by atoms with Gasteiger partial charge in [-0.15, -0.1) is 0 Å². The standard InChI is InChI=1S/C27H29ClN2O4/c1-33-17-16-29-27(32)25(18-21-8-4-2-5-9-21)30(19-22-12-14-23(28)15-13-22)26(31)20-34-24-10-6-3-7-11-24/h2-15,25H,16-20H2,1H3,(H,29,32). The summed E-state index contributed by atoms with van der Waals surface area (Å²) in [5.74, 6) is 0.0519. The zero-order valence-corrected chi connectivity index (χ0v) is 19.9. The highest BCUT2D eigenvalue weighted by Crippen LogP contribution is 2.17. The van der Waals surface area contributed by atoms with Crippen molar-refractivity contribution in [2.24, 2.45) is 0 Å². The Bertz CT molecular complexity index is 1030. The van der Waals surface area contributed by atoms with Crippen LogP contribution in [0.3, 0.4) is 0 Å². The molecule has 2 amide bonds. The molecule has 7 heteroatoms. The molecule has 0 radical (unpaired) electrons. The van der Waals surface area contributed by atoms with Gasteiger partial charge in [0, 0.05) is 31.6 Å². The highest BCUT2D eigenvalue weighted by atomic mass is 35.5. The topological polar surface area (TPSA) is 67.9 Å². The van der Waals surface area contributed by atoms with E-state index in [1.165, 1.54) is 0 Å². The van der Waals surface area contributed by atoms with E-state index in [0.29, 0.717) is 30.3 Å². The van der Waals surface area contributed by atoms with E-state index in [1.807, 2.05) is 60.7 Å². The first kappa shape index (κ1) is 25.3. The Hall–Kier alpha value is -3.35. The zero-order chi connectivity index (χ0) is 24.2. The molecule has 0 aromatic heterocycles. The molecule has 0 heterocycles. The van der Waals surface area contributed by atoms with Gasteiger partial charge in [-0.1, -0.05) is 72.3 Å². The van der Waals surface area contributed by atoms with Crippen molar-refractivity contribution in [2.75, 3.05) is 26.9 Å². The van der Waals surface area contributed by atoms with Crippen molar-refractivity contribution in [2.45, 2.75) is 19.0 Å². The van der Waals surface area contributed by atoms with Crippen molar-refractivity contribution in [3.05, 3.63) is 101 Å². The molecule has 0 bridgehead atoms. The third-order valence-corrected chi connectivity index (χ3v) is 5.50. The molecule has 0 saturated carbocycles. The van der Waals surface area contributed by atoms with Gasteiger partial charge < -0.3 is 19.7 Å². The quantitative estimate of drug-likeness (QED) is 0.396. The number of hydrogen-bond donors (Lipinski definition) is 1. The van der Waals surface area contributed by atoms with Gasteiger partial charge >= 0.3 is 0 Å². The smallest absolute Gasteiger partial charge is 0.261 e. The molecule has 0 aliphatic rings. The fourth-order valence-corrected chi connectivity index (χ4v) is 3.61. The van der Waals surface area contributed by atoms with Crippen LogP contribution in [-0.2, 0) is 27.3 Å². The second kappa shape index (κ2) is 13.4. The molecule has 1 atom stereocenters. The van der Waals surface area contributed by atoms with Gasteiger partial charge in [-0.2, -0.15) is 0 Å². The predicted octanol–water partition coefficient (Wildman–Crippen LogP) is 4.12. The lowest BCUT2D eigenvalue weighted by Crippen LogP contribution is -2.52. The second-order valence-electron chi connectivity index (χ2n) is 7.74. The van der Waals surface area contributed by atoms with E-state index >= 15 is 0 Å². The maximum Gasteiger partial charge on any atom is 0.261 e. The Morgan fingerprint density at radius 3 is 2.21 bits per heavy atom. The molecule has 3 rings (SSSR count).